The molecule has 0 spiro atoms. The minimum Gasteiger partial charge on any atom is -0.328 e. The highest BCUT2D eigenvalue weighted by molar-refractivity contribution is 7.07. The minimum absolute atomic E-state index is 0.108. The van der Waals surface area contributed by atoms with Crippen LogP contribution < -0.4 is 0 Å². The Morgan fingerprint density at radius 1 is 1.21 bits per heavy atom. The number of pyridine rings is 1. The second kappa shape index (κ2) is 7.55. The molecule has 6 heteroatoms. The van der Waals surface area contributed by atoms with Crippen molar-refractivity contribution < 1.29 is 9.18 Å². The lowest BCUT2D eigenvalue weighted by molar-refractivity contribution is 0.0728. The zero-order chi connectivity index (χ0) is 16.9. The summed E-state index contributed by atoms with van der Waals surface area (Å²) in [7, 11) is 0. The predicted molar refractivity (Wildman–Crippen MR) is 93.5 cm³/mol. The molecule has 3 aromatic rings. The Balaban J connectivity index is 1.89. The SMILES string of the molecule is O=C(c1ccc(F)cc1Cl)N(Cc1ccsc1)Cc1ccccn1. The molecule has 0 unspecified atom stereocenters. The molecule has 0 saturated carbocycles. The Hall–Kier alpha value is -2.24. The van der Waals surface area contributed by atoms with E-state index in [0.29, 0.717) is 13.1 Å². The van der Waals surface area contributed by atoms with E-state index < -0.39 is 5.82 Å². The fourth-order valence-electron chi connectivity index (χ4n) is 2.32. The van der Waals surface area contributed by atoms with Crippen molar-refractivity contribution in [3.8, 4) is 0 Å². The first-order valence-electron chi connectivity index (χ1n) is 7.29. The van der Waals surface area contributed by atoms with Crippen LogP contribution in [0.3, 0.4) is 0 Å². The third-order valence-electron chi connectivity index (χ3n) is 3.48. The third-order valence-corrected chi connectivity index (χ3v) is 4.53. The molecule has 2 aromatic heterocycles. The highest BCUT2D eigenvalue weighted by Crippen LogP contribution is 2.21. The molecule has 0 radical (unpaired) electrons. The highest BCUT2D eigenvalue weighted by atomic mass is 35.5. The van der Waals surface area contributed by atoms with Gasteiger partial charge in [-0.3, -0.25) is 9.78 Å². The van der Waals surface area contributed by atoms with Crippen molar-refractivity contribution in [2.75, 3.05) is 0 Å². The van der Waals surface area contributed by atoms with Gasteiger partial charge in [-0.05, 0) is 52.7 Å². The molecular weight excluding hydrogens is 347 g/mol. The van der Waals surface area contributed by atoms with Gasteiger partial charge in [0, 0.05) is 12.7 Å². The fraction of sp³-hybridized carbons (Fsp3) is 0.111. The Morgan fingerprint density at radius 2 is 2.08 bits per heavy atom. The lowest BCUT2D eigenvalue weighted by atomic mass is 10.1. The van der Waals surface area contributed by atoms with Gasteiger partial charge in [0.1, 0.15) is 5.82 Å². The first-order chi connectivity index (χ1) is 11.6. The number of hydrogen-bond donors (Lipinski definition) is 0. The van der Waals surface area contributed by atoms with E-state index in [1.54, 1.807) is 22.4 Å². The van der Waals surface area contributed by atoms with E-state index in [9.17, 15) is 9.18 Å². The standard InChI is InChI=1S/C18H14ClFN2OS/c19-17-9-14(20)4-5-16(17)18(23)22(10-13-6-8-24-12-13)11-15-3-1-2-7-21-15/h1-9,12H,10-11H2. The maximum Gasteiger partial charge on any atom is 0.256 e. The molecule has 2 heterocycles. The molecule has 3 nitrogen and oxygen atoms in total. The van der Waals surface area contributed by atoms with Crippen LogP contribution in [-0.4, -0.2) is 15.8 Å². The molecule has 0 aliphatic carbocycles. The van der Waals surface area contributed by atoms with E-state index in [0.717, 1.165) is 17.3 Å². The summed E-state index contributed by atoms with van der Waals surface area (Å²) in [6, 6.07) is 11.3. The van der Waals surface area contributed by atoms with Crippen LogP contribution >= 0.6 is 22.9 Å². The van der Waals surface area contributed by atoms with Crippen LogP contribution in [0.1, 0.15) is 21.6 Å². The number of rotatable bonds is 5. The van der Waals surface area contributed by atoms with Gasteiger partial charge in [0.15, 0.2) is 0 Å². The summed E-state index contributed by atoms with van der Waals surface area (Å²) in [4.78, 5) is 18.8. The number of halogens is 2. The van der Waals surface area contributed by atoms with Gasteiger partial charge in [0.05, 0.1) is 22.8 Å². The first-order valence-corrected chi connectivity index (χ1v) is 8.61. The quantitative estimate of drug-likeness (QED) is 0.656. The number of amides is 1. The third kappa shape index (κ3) is 3.99. The number of hydrogen-bond acceptors (Lipinski definition) is 3. The highest BCUT2D eigenvalue weighted by Gasteiger charge is 2.20. The number of nitrogens with zero attached hydrogens (tertiary/aromatic N) is 2. The molecule has 1 amide bonds. The van der Waals surface area contributed by atoms with Crippen LogP contribution in [0, 0.1) is 5.82 Å². The summed E-state index contributed by atoms with van der Waals surface area (Å²) >= 11 is 7.62. The molecule has 122 valence electrons. The van der Waals surface area contributed by atoms with Gasteiger partial charge in [-0.15, -0.1) is 0 Å². The van der Waals surface area contributed by atoms with Crippen LogP contribution in [0.15, 0.2) is 59.4 Å². The number of benzene rings is 1. The molecule has 0 N–H and O–H groups in total. The fourth-order valence-corrected chi connectivity index (χ4v) is 3.23. The van der Waals surface area contributed by atoms with E-state index in [1.165, 1.54) is 12.1 Å². The van der Waals surface area contributed by atoms with Gasteiger partial charge in [-0.2, -0.15) is 11.3 Å². The molecule has 0 aliphatic heterocycles. The summed E-state index contributed by atoms with van der Waals surface area (Å²) in [6.45, 7) is 0.788. The van der Waals surface area contributed by atoms with Crippen molar-refractivity contribution >= 4 is 28.8 Å². The van der Waals surface area contributed by atoms with E-state index in [1.807, 2.05) is 35.0 Å². The molecule has 0 aliphatic rings. The van der Waals surface area contributed by atoms with Gasteiger partial charge in [0.2, 0.25) is 0 Å². The average Bonchev–Trinajstić information content (AvgIpc) is 3.08. The predicted octanol–water partition coefficient (Wildman–Crippen LogP) is 4.78. The average molecular weight is 361 g/mol. The van der Waals surface area contributed by atoms with Crippen LogP contribution in [0.5, 0.6) is 0 Å². The smallest absolute Gasteiger partial charge is 0.256 e. The number of aromatic nitrogens is 1. The van der Waals surface area contributed by atoms with Gasteiger partial charge >= 0.3 is 0 Å². The number of carbonyl (C=O) groups is 1. The van der Waals surface area contributed by atoms with Crippen molar-refractivity contribution in [2.45, 2.75) is 13.1 Å². The summed E-state index contributed by atoms with van der Waals surface area (Å²) in [5, 5.41) is 4.06. The van der Waals surface area contributed by atoms with Crippen molar-refractivity contribution in [3.05, 3.63) is 87.1 Å². The number of thiophene rings is 1. The maximum atomic E-state index is 13.2. The number of carbonyl (C=O) groups excluding carboxylic acids is 1. The Labute approximate surface area is 148 Å². The van der Waals surface area contributed by atoms with Gasteiger partial charge in [-0.1, -0.05) is 17.7 Å². The summed E-state index contributed by atoms with van der Waals surface area (Å²) in [5.41, 5.74) is 2.09. The monoisotopic (exact) mass is 360 g/mol. The molecular formula is C18H14ClFN2OS. The van der Waals surface area contributed by atoms with Crippen LogP contribution in [-0.2, 0) is 13.1 Å². The normalized spacial score (nSPS) is 10.6. The van der Waals surface area contributed by atoms with Crippen LogP contribution in [0.25, 0.3) is 0 Å². The van der Waals surface area contributed by atoms with E-state index in [-0.39, 0.29) is 16.5 Å². The largest absolute Gasteiger partial charge is 0.328 e. The zero-order valence-corrected chi connectivity index (χ0v) is 14.2. The van der Waals surface area contributed by atoms with Gasteiger partial charge < -0.3 is 4.90 Å². The topological polar surface area (TPSA) is 33.2 Å². The lowest BCUT2D eigenvalue weighted by Gasteiger charge is -2.22. The maximum absolute atomic E-state index is 13.2. The van der Waals surface area contributed by atoms with Crippen molar-refractivity contribution in [1.82, 2.24) is 9.88 Å². The van der Waals surface area contributed by atoms with E-state index in [4.69, 9.17) is 11.6 Å². The first kappa shape index (κ1) is 16.6. The second-order valence-electron chi connectivity index (χ2n) is 5.24. The minimum atomic E-state index is -0.467. The summed E-state index contributed by atoms with van der Waals surface area (Å²) < 4.78 is 13.2. The Kier molecular flexibility index (Phi) is 5.23. The van der Waals surface area contributed by atoms with Crippen molar-refractivity contribution in [2.24, 2.45) is 0 Å². The lowest BCUT2D eigenvalue weighted by Crippen LogP contribution is -2.30. The molecule has 0 bridgehead atoms. The van der Waals surface area contributed by atoms with Crippen LogP contribution in [0.4, 0.5) is 4.39 Å². The van der Waals surface area contributed by atoms with Crippen LogP contribution in [0.2, 0.25) is 5.02 Å². The molecule has 0 fully saturated rings. The van der Waals surface area contributed by atoms with E-state index >= 15 is 0 Å². The van der Waals surface area contributed by atoms with Gasteiger partial charge in [0.25, 0.3) is 5.91 Å². The molecule has 3 rings (SSSR count). The van der Waals surface area contributed by atoms with Crippen molar-refractivity contribution in [1.29, 1.82) is 0 Å². The second-order valence-corrected chi connectivity index (χ2v) is 6.43. The summed E-state index contributed by atoms with van der Waals surface area (Å²) in [6.07, 6.45) is 1.69. The molecule has 1 aromatic carbocycles. The Bertz CT molecular complexity index is 824. The zero-order valence-electron chi connectivity index (χ0n) is 12.7. The molecule has 0 atom stereocenters. The Morgan fingerprint density at radius 3 is 2.75 bits per heavy atom. The van der Waals surface area contributed by atoms with E-state index in [2.05, 4.69) is 4.98 Å². The molecule has 0 saturated heterocycles. The van der Waals surface area contributed by atoms with Gasteiger partial charge in [-0.25, -0.2) is 4.39 Å². The molecule has 24 heavy (non-hydrogen) atoms. The van der Waals surface area contributed by atoms with Crippen molar-refractivity contribution in [3.63, 3.8) is 0 Å². The summed E-state index contributed by atoms with van der Waals surface area (Å²) in [5.74, 6) is -0.720.